The number of carboxylic acids is 1. The number of carbonyl (C=O) groups excluding carboxylic acids is 1. The second-order valence-corrected chi connectivity index (χ2v) is 3.82. The van der Waals surface area contributed by atoms with Gasteiger partial charge in [-0.05, 0) is 24.6 Å². The van der Waals surface area contributed by atoms with E-state index in [-0.39, 0.29) is 11.6 Å². The summed E-state index contributed by atoms with van der Waals surface area (Å²) in [6.45, 7) is 1.11. The summed E-state index contributed by atoms with van der Waals surface area (Å²) >= 11 is 0. The van der Waals surface area contributed by atoms with Gasteiger partial charge in [0.1, 0.15) is 0 Å². The van der Waals surface area contributed by atoms with Gasteiger partial charge < -0.3 is 16.2 Å². The molecule has 1 aromatic rings. The number of carbonyl (C=O) groups is 2. The molecular formula is C11H13N3O3. The van der Waals surface area contributed by atoms with Crippen LogP contribution in [0.15, 0.2) is 18.2 Å². The summed E-state index contributed by atoms with van der Waals surface area (Å²) in [4.78, 5) is 24.2. The molecule has 17 heavy (non-hydrogen) atoms. The lowest BCUT2D eigenvalue weighted by Crippen LogP contribution is -2.47. The average Bonchev–Trinajstić information content (AvgIpc) is 2.29. The minimum atomic E-state index is -1.07. The molecule has 1 aliphatic heterocycles. The van der Waals surface area contributed by atoms with Crippen LogP contribution in [0.1, 0.15) is 16.8 Å². The van der Waals surface area contributed by atoms with Crippen molar-refractivity contribution in [2.24, 2.45) is 0 Å². The zero-order valence-corrected chi connectivity index (χ0v) is 9.14. The number of nitrogens with two attached hydrogens (primary N) is 1. The third-order valence-electron chi connectivity index (χ3n) is 2.62. The molecule has 1 aliphatic rings. The van der Waals surface area contributed by atoms with E-state index in [0.717, 1.165) is 6.42 Å². The highest BCUT2D eigenvalue weighted by molar-refractivity contribution is 6.02. The highest BCUT2D eigenvalue weighted by Gasteiger charge is 2.23. The number of nitrogens with zero attached hydrogens (tertiary/aromatic N) is 1. The van der Waals surface area contributed by atoms with Crippen molar-refractivity contribution in [3.8, 4) is 0 Å². The minimum absolute atomic E-state index is 0.0799. The van der Waals surface area contributed by atoms with Gasteiger partial charge in [-0.3, -0.25) is 4.90 Å². The topological polar surface area (TPSA) is 95.7 Å². The van der Waals surface area contributed by atoms with E-state index in [0.29, 0.717) is 24.5 Å². The molecule has 1 fully saturated rings. The maximum atomic E-state index is 11.7. The van der Waals surface area contributed by atoms with E-state index in [2.05, 4.69) is 5.32 Å². The number of nitrogens with one attached hydrogen (secondary N) is 1. The Labute approximate surface area is 98.0 Å². The van der Waals surface area contributed by atoms with Gasteiger partial charge >= 0.3 is 12.0 Å². The molecule has 2 amide bonds. The van der Waals surface area contributed by atoms with Gasteiger partial charge in [0.05, 0.1) is 11.3 Å². The molecule has 6 heteroatoms. The van der Waals surface area contributed by atoms with E-state index in [1.165, 1.54) is 23.1 Å². The summed E-state index contributed by atoms with van der Waals surface area (Å²) in [5.74, 6) is -1.07. The highest BCUT2D eigenvalue weighted by Crippen LogP contribution is 2.25. The van der Waals surface area contributed by atoms with Gasteiger partial charge in [-0.2, -0.15) is 0 Å². The summed E-state index contributed by atoms with van der Waals surface area (Å²) in [6.07, 6.45) is 0.777. The van der Waals surface area contributed by atoms with Gasteiger partial charge in [-0.25, -0.2) is 9.59 Å². The van der Waals surface area contributed by atoms with Crippen LogP contribution in [0.2, 0.25) is 0 Å². The van der Waals surface area contributed by atoms with Crippen molar-refractivity contribution >= 4 is 23.4 Å². The smallest absolute Gasteiger partial charge is 0.337 e. The Balaban J connectivity index is 2.45. The lowest BCUT2D eigenvalue weighted by atomic mass is 10.1. The monoisotopic (exact) mass is 235 g/mol. The molecule has 0 saturated carbocycles. The number of nitrogen functional groups attached to an aromatic ring is 1. The van der Waals surface area contributed by atoms with Crippen molar-refractivity contribution in [1.82, 2.24) is 5.32 Å². The van der Waals surface area contributed by atoms with E-state index >= 15 is 0 Å². The Hall–Kier alpha value is -2.24. The second-order valence-electron chi connectivity index (χ2n) is 3.82. The Morgan fingerprint density at radius 2 is 2.24 bits per heavy atom. The zero-order chi connectivity index (χ0) is 12.4. The van der Waals surface area contributed by atoms with Crippen LogP contribution in [-0.4, -0.2) is 30.2 Å². The number of aromatic carboxylic acids is 1. The molecule has 2 rings (SSSR count). The van der Waals surface area contributed by atoms with Crippen molar-refractivity contribution in [2.45, 2.75) is 6.42 Å². The van der Waals surface area contributed by atoms with Crippen LogP contribution in [0, 0.1) is 0 Å². The highest BCUT2D eigenvalue weighted by atomic mass is 16.4. The first kappa shape index (κ1) is 11.3. The molecule has 0 atom stereocenters. The fourth-order valence-electron chi connectivity index (χ4n) is 1.81. The standard InChI is InChI=1S/C11H13N3O3/c12-7-2-3-8(10(15)16)9(6-7)14-5-1-4-13-11(14)17/h2-3,6H,1,4-5,12H2,(H,13,17)(H,15,16). The fourth-order valence-corrected chi connectivity index (χ4v) is 1.81. The van der Waals surface area contributed by atoms with Crippen LogP contribution in [0.4, 0.5) is 16.2 Å². The summed E-state index contributed by atoms with van der Waals surface area (Å²) in [6, 6.07) is 4.14. The van der Waals surface area contributed by atoms with Crippen LogP contribution in [0.5, 0.6) is 0 Å². The summed E-state index contributed by atoms with van der Waals surface area (Å²) in [5.41, 5.74) is 6.48. The van der Waals surface area contributed by atoms with Gasteiger partial charge in [0.15, 0.2) is 0 Å². The van der Waals surface area contributed by atoms with Crippen LogP contribution in [-0.2, 0) is 0 Å². The number of hydrogen-bond donors (Lipinski definition) is 3. The van der Waals surface area contributed by atoms with Gasteiger partial charge in [0.25, 0.3) is 0 Å². The molecule has 6 nitrogen and oxygen atoms in total. The first-order valence-electron chi connectivity index (χ1n) is 5.28. The number of benzene rings is 1. The third-order valence-corrected chi connectivity index (χ3v) is 2.62. The molecule has 1 aromatic carbocycles. The maximum Gasteiger partial charge on any atom is 0.337 e. The summed E-state index contributed by atoms with van der Waals surface area (Å²) < 4.78 is 0. The Kier molecular flexibility index (Phi) is 2.86. The Morgan fingerprint density at radius 1 is 1.47 bits per heavy atom. The van der Waals surface area contributed by atoms with Crippen molar-refractivity contribution in [3.05, 3.63) is 23.8 Å². The zero-order valence-electron chi connectivity index (χ0n) is 9.14. The number of amides is 2. The molecule has 90 valence electrons. The average molecular weight is 235 g/mol. The molecule has 0 aromatic heterocycles. The number of carboxylic acid groups (broad SMARTS) is 1. The SMILES string of the molecule is Nc1ccc(C(=O)O)c(N2CCCNC2=O)c1. The Bertz CT molecular complexity index is 473. The van der Waals surface area contributed by atoms with Crippen LogP contribution < -0.4 is 16.0 Å². The van der Waals surface area contributed by atoms with Crippen LogP contribution in [0.25, 0.3) is 0 Å². The maximum absolute atomic E-state index is 11.7. The number of urea groups is 1. The lowest BCUT2D eigenvalue weighted by molar-refractivity contribution is 0.0697. The van der Waals surface area contributed by atoms with E-state index in [4.69, 9.17) is 10.8 Å². The van der Waals surface area contributed by atoms with Crippen molar-refractivity contribution in [3.63, 3.8) is 0 Å². The van der Waals surface area contributed by atoms with Gasteiger partial charge in [0, 0.05) is 18.8 Å². The fraction of sp³-hybridized carbons (Fsp3) is 0.273. The van der Waals surface area contributed by atoms with E-state index < -0.39 is 5.97 Å². The number of anilines is 2. The molecule has 1 heterocycles. The van der Waals surface area contributed by atoms with E-state index in [1.54, 1.807) is 0 Å². The first-order valence-corrected chi connectivity index (χ1v) is 5.28. The molecule has 0 unspecified atom stereocenters. The van der Waals surface area contributed by atoms with E-state index in [9.17, 15) is 9.59 Å². The third kappa shape index (κ3) is 2.15. The van der Waals surface area contributed by atoms with Crippen molar-refractivity contribution < 1.29 is 14.7 Å². The van der Waals surface area contributed by atoms with Crippen molar-refractivity contribution in [1.29, 1.82) is 0 Å². The molecule has 0 spiro atoms. The number of rotatable bonds is 2. The molecule has 0 radical (unpaired) electrons. The van der Waals surface area contributed by atoms with Crippen molar-refractivity contribution in [2.75, 3.05) is 23.7 Å². The van der Waals surface area contributed by atoms with Gasteiger partial charge in [-0.15, -0.1) is 0 Å². The van der Waals surface area contributed by atoms with Gasteiger partial charge in [0.2, 0.25) is 0 Å². The molecule has 4 N–H and O–H groups in total. The second kappa shape index (κ2) is 4.32. The van der Waals surface area contributed by atoms with Crippen LogP contribution in [0.3, 0.4) is 0 Å². The number of hydrogen-bond acceptors (Lipinski definition) is 3. The Morgan fingerprint density at radius 3 is 2.88 bits per heavy atom. The van der Waals surface area contributed by atoms with E-state index in [1.807, 2.05) is 0 Å². The van der Waals surface area contributed by atoms with Crippen LogP contribution >= 0.6 is 0 Å². The van der Waals surface area contributed by atoms with Gasteiger partial charge in [-0.1, -0.05) is 0 Å². The predicted octanol–water partition coefficient (Wildman–Crippen LogP) is 0.887. The molecular weight excluding hydrogens is 222 g/mol. The summed E-state index contributed by atoms with van der Waals surface area (Å²) in [5, 5.41) is 11.7. The minimum Gasteiger partial charge on any atom is -0.478 e. The molecule has 0 bridgehead atoms. The normalized spacial score (nSPS) is 15.5. The predicted molar refractivity (Wildman–Crippen MR) is 63.2 cm³/mol. The largest absolute Gasteiger partial charge is 0.478 e. The quantitative estimate of drug-likeness (QED) is 0.663. The first-order chi connectivity index (χ1) is 8.09. The molecule has 0 aliphatic carbocycles. The summed E-state index contributed by atoms with van der Waals surface area (Å²) in [7, 11) is 0. The lowest BCUT2D eigenvalue weighted by Gasteiger charge is -2.28. The molecule has 1 saturated heterocycles.